The van der Waals surface area contributed by atoms with Crippen LogP contribution >= 0.6 is 22.7 Å². The molecule has 0 saturated carbocycles. The Bertz CT molecular complexity index is 869. The Balaban J connectivity index is 2.06. The fourth-order valence-electron chi connectivity index (χ4n) is 2.25. The van der Waals surface area contributed by atoms with Gasteiger partial charge in [-0.2, -0.15) is 0 Å². The molecule has 0 aliphatic rings. The predicted octanol–water partition coefficient (Wildman–Crippen LogP) is 4.50. The SMILES string of the molecule is Oc1cc2nc(-c3cccs3)c(-c3cccs3)nc2cc1O. The molecule has 108 valence electrons. The second-order valence-electron chi connectivity index (χ2n) is 4.71. The van der Waals surface area contributed by atoms with Gasteiger partial charge in [-0.3, -0.25) is 0 Å². The highest BCUT2D eigenvalue weighted by Crippen LogP contribution is 2.37. The molecule has 0 unspecified atom stereocenters. The van der Waals surface area contributed by atoms with Gasteiger partial charge in [-0.1, -0.05) is 12.1 Å². The highest BCUT2D eigenvalue weighted by atomic mass is 32.1. The predicted molar refractivity (Wildman–Crippen MR) is 89.5 cm³/mol. The number of fused-ring (bicyclic) bond motifs is 1. The minimum atomic E-state index is -0.192. The molecular weight excluding hydrogens is 316 g/mol. The van der Waals surface area contributed by atoms with Crippen molar-refractivity contribution in [3.05, 3.63) is 47.2 Å². The van der Waals surface area contributed by atoms with Crippen LogP contribution in [0.3, 0.4) is 0 Å². The van der Waals surface area contributed by atoms with Gasteiger partial charge in [0.05, 0.1) is 20.8 Å². The van der Waals surface area contributed by atoms with E-state index in [1.165, 1.54) is 12.1 Å². The Morgan fingerprint density at radius 3 is 1.55 bits per heavy atom. The number of rotatable bonds is 2. The smallest absolute Gasteiger partial charge is 0.159 e. The van der Waals surface area contributed by atoms with Crippen molar-refractivity contribution in [1.82, 2.24) is 9.97 Å². The number of aromatic nitrogens is 2. The molecule has 0 spiro atoms. The zero-order valence-corrected chi connectivity index (χ0v) is 12.9. The van der Waals surface area contributed by atoms with E-state index in [2.05, 4.69) is 9.97 Å². The zero-order valence-electron chi connectivity index (χ0n) is 11.2. The van der Waals surface area contributed by atoms with E-state index in [1.54, 1.807) is 22.7 Å². The highest BCUT2D eigenvalue weighted by Gasteiger charge is 2.16. The molecule has 3 heterocycles. The topological polar surface area (TPSA) is 66.2 Å². The van der Waals surface area contributed by atoms with Gasteiger partial charge in [0.1, 0.15) is 11.4 Å². The van der Waals surface area contributed by atoms with Crippen LogP contribution in [0.15, 0.2) is 47.2 Å². The van der Waals surface area contributed by atoms with Crippen LogP contribution in [0.1, 0.15) is 0 Å². The second kappa shape index (κ2) is 5.08. The largest absolute Gasteiger partial charge is 0.504 e. The average Bonchev–Trinajstić information content (AvgIpc) is 3.21. The molecule has 1 aromatic carbocycles. The fraction of sp³-hybridized carbons (Fsp3) is 0. The molecule has 3 aromatic heterocycles. The minimum absolute atomic E-state index is 0.192. The Labute approximate surface area is 134 Å². The Hall–Kier alpha value is -2.44. The van der Waals surface area contributed by atoms with E-state index in [4.69, 9.17) is 0 Å². The molecule has 22 heavy (non-hydrogen) atoms. The third kappa shape index (κ3) is 2.13. The fourth-order valence-corrected chi connectivity index (χ4v) is 3.68. The monoisotopic (exact) mass is 326 g/mol. The summed E-state index contributed by atoms with van der Waals surface area (Å²) < 4.78 is 0. The summed E-state index contributed by atoms with van der Waals surface area (Å²) in [6, 6.07) is 10.8. The normalized spacial score (nSPS) is 11.1. The number of hydrogen-bond acceptors (Lipinski definition) is 6. The quantitative estimate of drug-likeness (QED) is 0.532. The molecule has 0 fully saturated rings. The molecule has 4 rings (SSSR count). The van der Waals surface area contributed by atoms with Crippen LogP contribution in [-0.2, 0) is 0 Å². The van der Waals surface area contributed by atoms with Crippen molar-refractivity contribution < 1.29 is 10.2 Å². The molecule has 6 heteroatoms. The van der Waals surface area contributed by atoms with Gasteiger partial charge in [-0.25, -0.2) is 9.97 Å². The minimum Gasteiger partial charge on any atom is -0.504 e. The summed E-state index contributed by atoms with van der Waals surface area (Å²) in [6.07, 6.45) is 0. The van der Waals surface area contributed by atoms with Gasteiger partial charge in [-0.05, 0) is 22.9 Å². The lowest BCUT2D eigenvalue weighted by Gasteiger charge is -2.08. The number of phenols is 2. The van der Waals surface area contributed by atoms with Crippen molar-refractivity contribution in [3.8, 4) is 32.6 Å². The summed E-state index contributed by atoms with van der Waals surface area (Å²) in [5.41, 5.74) is 2.68. The van der Waals surface area contributed by atoms with Crippen LogP contribution in [0.4, 0.5) is 0 Å². The summed E-state index contributed by atoms with van der Waals surface area (Å²) in [4.78, 5) is 11.4. The van der Waals surface area contributed by atoms with E-state index in [-0.39, 0.29) is 11.5 Å². The van der Waals surface area contributed by atoms with Crippen LogP contribution in [0.2, 0.25) is 0 Å². The summed E-state index contributed by atoms with van der Waals surface area (Å²) in [6.45, 7) is 0. The molecule has 4 aromatic rings. The third-order valence-corrected chi connectivity index (χ3v) is 5.02. The van der Waals surface area contributed by atoms with Gasteiger partial charge in [0.25, 0.3) is 0 Å². The number of thiophene rings is 2. The van der Waals surface area contributed by atoms with E-state index in [1.807, 2.05) is 35.0 Å². The van der Waals surface area contributed by atoms with E-state index in [0.717, 1.165) is 21.1 Å². The first-order valence-corrected chi connectivity index (χ1v) is 8.30. The maximum absolute atomic E-state index is 9.68. The van der Waals surface area contributed by atoms with Gasteiger partial charge in [0.15, 0.2) is 11.5 Å². The lowest BCUT2D eigenvalue weighted by atomic mass is 10.2. The third-order valence-electron chi connectivity index (χ3n) is 3.27. The zero-order chi connectivity index (χ0) is 15.1. The van der Waals surface area contributed by atoms with Crippen LogP contribution < -0.4 is 0 Å². The summed E-state index contributed by atoms with van der Waals surface area (Å²) in [5.74, 6) is -0.384. The molecule has 4 nitrogen and oxygen atoms in total. The van der Waals surface area contributed by atoms with E-state index in [9.17, 15) is 10.2 Å². The van der Waals surface area contributed by atoms with E-state index < -0.39 is 0 Å². The van der Waals surface area contributed by atoms with E-state index >= 15 is 0 Å². The van der Waals surface area contributed by atoms with Crippen molar-refractivity contribution >= 4 is 33.7 Å². The maximum atomic E-state index is 9.68. The van der Waals surface area contributed by atoms with Crippen molar-refractivity contribution in [2.24, 2.45) is 0 Å². The first-order valence-electron chi connectivity index (χ1n) is 6.54. The first kappa shape index (κ1) is 13.2. The van der Waals surface area contributed by atoms with Crippen LogP contribution in [-0.4, -0.2) is 20.2 Å². The van der Waals surface area contributed by atoms with Crippen LogP contribution in [0.5, 0.6) is 11.5 Å². The van der Waals surface area contributed by atoms with Crippen molar-refractivity contribution in [1.29, 1.82) is 0 Å². The van der Waals surface area contributed by atoms with Crippen molar-refractivity contribution in [3.63, 3.8) is 0 Å². The lowest BCUT2D eigenvalue weighted by molar-refractivity contribution is 0.404. The molecule has 0 bridgehead atoms. The molecule has 0 atom stereocenters. The molecule has 0 amide bonds. The average molecular weight is 326 g/mol. The molecule has 0 aliphatic carbocycles. The summed E-state index contributed by atoms with van der Waals surface area (Å²) in [7, 11) is 0. The van der Waals surface area contributed by atoms with Crippen molar-refractivity contribution in [2.45, 2.75) is 0 Å². The standard InChI is InChI=1S/C16H10N2O2S2/c19-11-7-9-10(8-12(11)20)18-16(14-4-2-6-22-14)15(17-9)13-3-1-5-21-13/h1-8,19-20H. The first-order chi connectivity index (χ1) is 10.7. The number of benzene rings is 1. The Morgan fingerprint density at radius 1 is 0.727 bits per heavy atom. The van der Waals surface area contributed by atoms with Gasteiger partial charge in [-0.15, -0.1) is 22.7 Å². The van der Waals surface area contributed by atoms with Gasteiger partial charge in [0.2, 0.25) is 0 Å². The van der Waals surface area contributed by atoms with Gasteiger partial charge < -0.3 is 10.2 Å². The van der Waals surface area contributed by atoms with Crippen LogP contribution in [0, 0.1) is 0 Å². The van der Waals surface area contributed by atoms with Gasteiger partial charge >= 0.3 is 0 Å². The summed E-state index contributed by atoms with van der Waals surface area (Å²) in [5, 5.41) is 23.3. The maximum Gasteiger partial charge on any atom is 0.159 e. The number of aromatic hydroxyl groups is 2. The van der Waals surface area contributed by atoms with E-state index in [0.29, 0.717) is 11.0 Å². The summed E-state index contributed by atoms with van der Waals surface area (Å²) >= 11 is 3.19. The lowest BCUT2D eigenvalue weighted by Crippen LogP contribution is -1.93. The highest BCUT2D eigenvalue weighted by molar-refractivity contribution is 7.14. The molecule has 2 N–H and O–H groups in total. The molecular formula is C16H10N2O2S2. The Morgan fingerprint density at radius 2 is 1.18 bits per heavy atom. The number of nitrogens with zero attached hydrogens (tertiary/aromatic N) is 2. The second-order valence-corrected chi connectivity index (χ2v) is 6.60. The molecule has 0 saturated heterocycles. The van der Waals surface area contributed by atoms with Gasteiger partial charge in [0, 0.05) is 12.1 Å². The number of phenolic OH excluding ortho intramolecular Hbond substituents is 2. The van der Waals surface area contributed by atoms with Crippen LogP contribution in [0.25, 0.3) is 32.2 Å². The Kier molecular flexibility index (Phi) is 3.06. The molecule has 0 radical (unpaired) electrons. The van der Waals surface area contributed by atoms with Crippen molar-refractivity contribution in [2.75, 3.05) is 0 Å². The number of hydrogen-bond donors (Lipinski definition) is 2. The molecule has 0 aliphatic heterocycles.